The Bertz CT molecular complexity index is 1320. The summed E-state index contributed by atoms with van der Waals surface area (Å²) in [5.74, 6) is -0.0132. The summed E-state index contributed by atoms with van der Waals surface area (Å²) < 4.78 is 12.0. The molecule has 190 valence electrons. The molecule has 3 aromatic rings. The van der Waals surface area contributed by atoms with Crippen LogP contribution in [0.5, 0.6) is 11.5 Å². The van der Waals surface area contributed by atoms with E-state index in [9.17, 15) is 14.9 Å². The lowest BCUT2D eigenvalue weighted by Gasteiger charge is -2.14. The lowest BCUT2D eigenvalue weighted by atomic mass is 10.1. The molecule has 3 rings (SSSR count). The average Bonchev–Trinajstić information content (AvgIpc) is 2.88. The zero-order valence-electron chi connectivity index (χ0n) is 20.7. The second-order valence-corrected chi connectivity index (χ2v) is 8.98. The number of halogens is 1. The predicted molar refractivity (Wildman–Crippen MR) is 147 cm³/mol. The normalized spacial score (nSPS) is 10.8. The van der Waals surface area contributed by atoms with Crippen molar-refractivity contribution in [3.8, 4) is 17.6 Å². The van der Waals surface area contributed by atoms with Crippen LogP contribution in [0.25, 0.3) is 6.08 Å². The molecular weight excluding hydrogens is 534 g/mol. The number of amides is 2. The van der Waals surface area contributed by atoms with Gasteiger partial charge in [-0.3, -0.25) is 9.59 Å². The van der Waals surface area contributed by atoms with Crippen molar-refractivity contribution in [1.82, 2.24) is 5.32 Å². The summed E-state index contributed by atoms with van der Waals surface area (Å²) in [6, 6.07) is 22.5. The summed E-state index contributed by atoms with van der Waals surface area (Å²) in [7, 11) is 0. The Labute approximate surface area is 225 Å². The number of ether oxygens (including phenoxy) is 2. The van der Waals surface area contributed by atoms with Gasteiger partial charge in [0.05, 0.1) is 6.61 Å². The van der Waals surface area contributed by atoms with Crippen LogP contribution >= 0.6 is 15.9 Å². The van der Waals surface area contributed by atoms with Crippen molar-refractivity contribution < 1.29 is 19.1 Å². The standard InChI is InChI=1S/C29H28BrN3O4/c1-3-36-26-16-22(15-23(18-31)29(35)33-24-11-7-8-20(2)14-24)25(30)17-27(26)37-19-28(34)32-13-12-21-9-5-4-6-10-21/h4-11,14-17H,3,12-13,19H2,1-2H3,(H,32,34)(H,33,35)/b23-15-. The molecule has 0 unspecified atom stereocenters. The van der Waals surface area contributed by atoms with Gasteiger partial charge in [0.15, 0.2) is 18.1 Å². The maximum absolute atomic E-state index is 12.7. The first-order valence-electron chi connectivity index (χ1n) is 11.8. The van der Waals surface area contributed by atoms with Crippen molar-refractivity contribution in [2.24, 2.45) is 0 Å². The van der Waals surface area contributed by atoms with E-state index in [-0.39, 0.29) is 18.1 Å². The topological polar surface area (TPSA) is 100 Å². The molecule has 0 bridgehead atoms. The van der Waals surface area contributed by atoms with E-state index in [4.69, 9.17) is 9.47 Å². The Hall–Kier alpha value is -4.09. The van der Waals surface area contributed by atoms with E-state index in [1.54, 1.807) is 18.2 Å². The van der Waals surface area contributed by atoms with Gasteiger partial charge in [0.2, 0.25) is 0 Å². The summed E-state index contributed by atoms with van der Waals surface area (Å²) in [4.78, 5) is 25.0. The van der Waals surface area contributed by atoms with Gasteiger partial charge in [-0.2, -0.15) is 5.26 Å². The highest BCUT2D eigenvalue weighted by Gasteiger charge is 2.15. The molecule has 2 amide bonds. The minimum atomic E-state index is -0.523. The molecule has 0 atom stereocenters. The molecule has 7 nitrogen and oxygen atoms in total. The molecule has 0 aliphatic carbocycles. The highest BCUT2D eigenvalue weighted by molar-refractivity contribution is 9.10. The van der Waals surface area contributed by atoms with Gasteiger partial charge in [0.25, 0.3) is 11.8 Å². The third kappa shape index (κ3) is 8.51. The smallest absolute Gasteiger partial charge is 0.266 e. The van der Waals surface area contributed by atoms with Crippen LogP contribution in [0.1, 0.15) is 23.6 Å². The molecule has 0 aromatic heterocycles. The van der Waals surface area contributed by atoms with Crippen LogP contribution < -0.4 is 20.1 Å². The minimum absolute atomic E-state index is 0.0730. The van der Waals surface area contributed by atoms with E-state index in [0.29, 0.717) is 40.4 Å². The monoisotopic (exact) mass is 561 g/mol. The largest absolute Gasteiger partial charge is 0.490 e. The Kier molecular flexibility index (Phi) is 10.3. The van der Waals surface area contributed by atoms with Gasteiger partial charge in [-0.05, 0) is 67.3 Å². The summed E-state index contributed by atoms with van der Waals surface area (Å²) in [6.07, 6.45) is 2.19. The zero-order chi connectivity index (χ0) is 26.6. The first-order valence-corrected chi connectivity index (χ1v) is 12.6. The predicted octanol–water partition coefficient (Wildman–Crippen LogP) is 5.44. The van der Waals surface area contributed by atoms with Crippen molar-refractivity contribution in [1.29, 1.82) is 5.26 Å². The van der Waals surface area contributed by atoms with Crippen LogP contribution in [0.15, 0.2) is 76.8 Å². The SMILES string of the molecule is CCOc1cc(/C=C(/C#N)C(=O)Nc2cccc(C)c2)c(Br)cc1OCC(=O)NCCc1ccccc1. The maximum atomic E-state index is 12.7. The minimum Gasteiger partial charge on any atom is -0.490 e. The maximum Gasteiger partial charge on any atom is 0.266 e. The number of rotatable bonds is 11. The number of nitrogens with zero attached hydrogens (tertiary/aromatic N) is 1. The number of hydrogen-bond donors (Lipinski definition) is 2. The summed E-state index contributed by atoms with van der Waals surface area (Å²) in [5.41, 5.74) is 3.21. The fourth-order valence-electron chi connectivity index (χ4n) is 3.45. The first-order chi connectivity index (χ1) is 17.9. The molecule has 0 saturated carbocycles. The van der Waals surface area contributed by atoms with E-state index in [1.165, 1.54) is 6.08 Å². The molecule has 2 N–H and O–H groups in total. The van der Waals surface area contributed by atoms with Crippen molar-refractivity contribution in [2.75, 3.05) is 25.1 Å². The molecule has 0 fully saturated rings. The van der Waals surface area contributed by atoms with Crippen LogP contribution in [0.4, 0.5) is 5.69 Å². The van der Waals surface area contributed by atoms with Gasteiger partial charge in [-0.15, -0.1) is 0 Å². The average molecular weight is 562 g/mol. The number of carbonyl (C=O) groups is 2. The van der Waals surface area contributed by atoms with Crippen LogP contribution in [0, 0.1) is 18.3 Å². The lowest BCUT2D eigenvalue weighted by molar-refractivity contribution is -0.123. The molecule has 0 aliphatic rings. The number of anilines is 1. The Balaban J connectivity index is 1.68. The molecule has 37 heavy (non-hydrogen) atoms. The number of carbonyl (C=O) groups excluding carboxylic acids is 2. The van der Waals surface area contributed by atoms with Gasteiger partial charge < -0.3 is 20.1 Å². The Morgan fingerprint density at radius 2 is 1.78 bits per heavy atom. The lowest BCUT2D eigenvalue weighted by Crippen LogP contribution is -2.30. The van der Waals surface area contributed by atoms with Gasteiger partial charge in [0.1, 0.15) is 11.6 Å². The Morgan fingerprint density at radius 1 is 1.03 bits per heavy atom. The van der Waals surface area contributed by atoms with Crippen LogP contribution in [0.2, 0.25) is 0 Å². The molecule has 0 spiro atoms. The van der Waals surface area contributed by atoms with Gasteiger partial charge >= 0.3 is 0 Å². The van der Waals surface area contributed by atoms with E-state index in [2.05, 4.69) is 26.6 Å². The third-order valence-corrected chi connectivity index (χ3v) is 5.93. The fourth-order valence-corrected chi connectivity index (χ4v) is 3.89. The number of hydrogen-bond acceptors (Lipinski definition) is 5. The highest BCUT2D eigenvalue weighted by Crippen LogP contribution is 2.35. The van der Waals surface area contributed by atoms with E-state index >= 15 is 0 Å². The second-order valence-electron chi connectivity index (χ2n) is 8.12. The van der Waals surface area contributed by atoms with Gasteiger partial charge in [-0.25, -0.2) is 0 Å². The molecule has 8 heteroatoms. The van der Waals surface area contributed by atoms with E-state index in [0.717, 1.165) is 17.5 Å². The molecule has 0 radical (unpaired) electrons. The molecule has 3 aromatic carbocycles. The number of nitriles is 1. The molecular formula is C29H28BrN3O4. The highest BCUT2D eigenvalue weighted by atomic mass is 79.9. The Morgan fingerprint density at radius 3 is 2.49 bits per heavy atom. The molecule has 0 heterocycles. The van der Waals surface area contributed by atoms with E-state index < -0.39 is 5.91 Å². The van der Waals surface area contributed by atoms with Gasteiger partial charge in [-0.1, -0.05) is 58.4 Å². The van der Waals surface area contributed by atoms with Gasteiger partial charge in [0, 0.05) is 16.7 Å². The van der Waals surface area contributed by atoms with E-state index in [1.807, 2.05) is 68.4 Å². The number of nitrogens with one attached hydrogen (secondary N) is 2. The molecule has 0 aliphatic heterocycles. The number of aryl methyl sites for hydroxylation is 1. The van der Waals surface area contributed by atoms with Crippen molar-refractivity contribution in [3.05, 3.63) is 93.5 Å². The second kappa shape index (κ2) is 13.9. The zero-order valence-corrected chi connectivity index (χ0v) is 22.3. The number of benzene rings is 3. The van der Waals surface area contributed by atoms with Crippen LogP contribution in [-0.4, -0.2) is 31.6 Å². The first kappa shape index (κ1) is 27.5. The molecule has 0 saturated heterocycles. The van der Waals surface area contributed by atoms with Crippen LogP contribution in [-0.2, 0) is 16.0 Å². The third-order valence-electron chi connectivity index (χ3n) is 5.24. The summed E-state index contributed by atoms with van der Waals surface area (Å²) in [5, 5.41) is 15.2. The van der Waals surface area contributed by atoms with Crippen molar-refractivity contribution in [3.63, 3.8) is 0 Å². The van der Waals surface area contributed by atoms with Crippen LogP contribution in [0.3, 0.4) is 0 Å². The van der Waals surface area contributed by atoms with Crippen molar-refractivity contribution >= 4 is 39.5 Å². The quantitative estimate of drug-likeness (QED) is 0.240. The summed E-state index contributed by atoms with van der Waals surface area (Å²) >= 11 is 3.47. The fraction of sp³-hybridized carbons (Fsp3) is 0.207. The summed E-state index contributed by atoms with van der Waals surface area (Å²) in [6.45, 7) is 4.43. The van der Waals surface area contributed by atoms with Crippen molar-refractivity contribution in [2.45, 2.75) is 20.3 Å².